The molecule has 0 saturated carbocycles. The van der Waals surface area contributed by atoms with Crippen LogP contribution in [0.1, 0.15) is 11.3 Å². The smallest absolute Gasteiger partial charge is 0.178 e. The van der Waals surface area contributed by atoms with Crippen molar-refractivity contribution >= 4 is 21.9 Å². The van der Waals surface area contributed by atoms with Crippen molar-refractivity contribution in [2.24, 2.45) is 0 Å². The molecule has 0 radical (unpaired) electrons. The lowest BCUT2D eigenvalue weighted by molar-refractivity contribution is 0.356. The lowest BCUT2D eigenvalue weighted by Crippen LogP contribution is -1.94. The molecule has 0 spiro atoms. The minimum absolute atomic E-state index is 0.631. The summed E-state index contributed by atoms with van der Waals surface area (Å²) in [5.74, 6) is 1.29. The van der Waals surface area contributed by atoms with Crippen LogP contribution in [-0.4, -0.2) is 34.6 Å². The maximum absolute atomic E-state index is 5.42. The molecule has 2 aromatic carbocycles. The average molecular weight is 320 g/mol. The Morgan fingerprint density at radius 1 is 0.958 bits per heavy atom. The molecule has 0 saturated heterocycles. The summed E-state index contributed by atoms with van der Waals surface area (Å²) < 4.78 is 10.8. The fourth-order valence-corrected chi connectivity index (χ4v) is 2.90. The number of aromatic nitrogens is 4. The Morgan fingerprint density at radius 3 is 2.46 bits per heavy atom. The molecule has 4 rings (SSSR count). The van der Waals surface area contributed by atoms with Crippen molar-refractivity contribution in [3.8, 4) is 11.5 Å². The van der Waals surface area contributed by atoms with Crippen LogP contribution in [0.3, 0.4) is 0 Å². The second-order valence-corrected chi connectivity index (χ2v) is 5.48. The third-order valence-corrected chi connectivity index (χ3v) is 4.07. The zero-order chi connectivity index (χ0) is 16.5. The average Bonchev–Trinajstić information content (AvgIpc) is 3.04. The number of H-pyrrole nitrogens is 1. The molecule has 6 nitrogen and oxygen atoms in total. The first-order valence-electron chi connectivity index (χ1n) is 7.59. The van der Waals surface area contributed by atoms with Crippen LogP contribution in [0, 0.1) is 0 Å². The van der Waals surface area contributed by atoms with Gasteiger partial charge >= 0.3 is 0 Å². The van der Waals surface area contributed by atoms with Crippen molar-refractivity contribution in [2.45, 2.75) is 6.42 Å². The molecule has 4 aromatic rings. The third kappa shape index (κ3) is 2.32. The van der Waals surface area contributed by atoms with Crippen molar-refractivity contribution < 1.29 is 9.47 Å². The molecule has 2 heterocycles. The molecule has 0 fully saturated rings. The van der Waals surface area contributed by atoms with Gasteiger partial charge < -0.3 is 9.47 Å². The maximum atomic E-state index is 5.42. The van der Waals surface area contributed by atoms with E-state index in [9.17, 15) is 0 Å². The van der Waals surface area contributed by atoms with Gasteiger partial charge in [0.15, 0.2) is 17.1 Å². The van der Waals surface area contributed by atoms with Gasteiger partial charge in [-0.05, 0) is 11.6 Å². The second kappa shape index (κ2) is 5.81. The fourth-order valence-electron chi connectivity index (χ4n) is 2.90. The van der Waals surface area contributed by atoms with E-state index in [0.717, 1.165) is 28.4 Å². The molecule has 0 aliphatic carbocycles. The predicted octanol–water partition coefficient (Wildman–Crippen LogP) is 3.11. The highest BCUT2D eigenvalue weighted by atomic mass is 16.5. The molecule has 120 valence electrons. The van der Waals surface area contributed by atoms with Crippen molar-refractivity contribution in [3.05, 3.63) is 53.7 Å². The number of hydrogen-bond acceptors (Lipinski definition) is 5. The van der Waals surface area contributed by atoms with Crippen molar-refractivity contribution in [1.82, 2.24) is 20.4 Å². The van der Waals surface area contributed by atoms with E-state index in [2.05, 4.69) is 32.5 Å². The fraction of sp³-hybridized carbons (Fsp3) is 0.167. The standard InChI is InChI=1S/C18H16N4O2/c1-23-15-9-12-13(10-16(15)24-2)19-21-18-17(12)14(20-22-18)8-11-6-4-3-5-7-11/h3-7,9-10H,8H2,1-2H3,(H,20,21,22). The Kier molecular flexibility index (Phi) is 3.49. The lowest BCUT2D eigenvalue weighted by atomic mass is 10.0. The maximum Gasteiger partial charge on any atom is 0.178 e. The van der Waals surface area contributed by atoms with E-state index in [1.807, 2.05) is 30.3 Å². The molecule has 0 bridgehead atoms. The SMILES string of the molecule is COc1cc2nnc3[nH]nc(Cc4ccccc4)c3c2cc1OC. The molecule has 0 atom stereocenters. The van der Waals surface area contributed by atoms with Crippen molar-refractivity contribution in [1.29, 1.82) is 0 Å². The first-order chi connectivity index (χ1) is 11.8. The minimum atomic E-state index is 0.631. The number of aromatic amines is 1. The molecule has 1 N–H and O–H groups in total. The highest BCUT2D eigenvalue weighted by Crippen LogP contribution is 2.34. The normalized spacial score (nSPS) is 11.1. The van der Waals surface area contributed by atoms with Gasteiger partial charge in [0.05, 0.1) is 30.8 Å². The van der Waals surface area contributed by atoms with E-state index in [0.29, 0.717) is 17.1 Å². The summed E-state index contributed by atoms with van der Waals surface area (Å²) in [6, 6.07) is 14.0. The summed E-state index contributed by atoms with van der Waals surface area (Å²) in [5, 5.41) is 17.8. The molecule has 6 heteroatoms. The number of hydrogen-bond donors (Lipinski definition) is 1. The molecule has 0 unspecified atom stereocenters. The van der Waals surface area contributed by atoms with Crippen LogP contribution in [0.5, 0.6) is 11.5 Å². The van der Waals surface area contributed by atoms with E-state index >= 15 is 0 Å². The van der Waals surface area contributed by atoms with Crippen molar-refractivity contribution in [2.75, 3.05) is 14.2 Å². The van der Waals surface area contributed by atoms with E-state index in [1.165, 1.54) is 5.56 Å². The molecule has 0 aliphatic rings. The van der Waals surface area contributed by atoms with Gasteiger partial charge in [0.2, 0.25) is 0 Å². The summed E-state index contributed by atoms with van der Waals surface area (Å²) in [5.41, 5.74) is 3.54. The molecule has 0 amide bonds. The van der Waals surface area contributed by atoms with Crippen LogP contribution in [0.25, 0.3) is 21.9 Å². The number of fused-ring (bicyclic) bond motifs is 3. The third-order valence-electron chi connectivity index (χ3n) is 4.07. The van der Waals surface area contributed by atoms with Gasteiger partial charge in [-0.2, -0.15) is 5.10 Å². The number of nitrogens with zero attached hydrogens (tertiary/aromatic N) is 3. The van der Waals surface area contributed by atoms with Gasteiger partial charge in [0, 0.05) is 17.9 Å². The summed E-state index contributed by atoms with van der Waals surface area (Å²) in [6.07, 6.45) is 0.718. The minimum Gasteiger partial charge on any atom is -0.493 e. The molecule has 0 aliphatic heterocycles. The summed E-state index contributed by atoms with van der Waals surface area (Å²) in [6.45, 7) is 0. The van der Waals surface area contributed by atoms with Crippen LogP contribution < -0.4 is 9.47 Å². The number of nitrogens with one attached hydrogen (secondary N) is 1. The molecule has 24 heavy (non-hydrogen) atoms. The van der Waals surface area contributed by atoms with Gasteiger partial charge in [0.1, 0.15) is 0 Å². The molecule has 2 aromatic heterocycles. The van der Waals surface area contributed by atoms with E-state index in [4.69, 9.17) is 9.47 Å². The van der Waals surface area contributed by atoms with Crippen molar-refractivity contribution in [3.63, 3.8) is 0 Å². The first kappa shape index (κ1) is 14.4. The number of rotatable bonds is 4. The lowest BCUT2D eigenvalue weighted by Gasteiger charge is -2.09. The number of methoxy groups -OCH3 is 2. The molecular weight excluding hydrogens is 304 g/mol. The highest BCUT2D eigenvalue weighted by Gasteiger charge is 2.15. The number of ether oxygens (including phenoxy) is 2. The van der Waals surface area contributed by atoms with Gasteiger partial charge in [-0.3, -0.25) is 5.10 Å². The summed E-state index contributed by atoms with van der Waals surface area (Å²) in [7, 11) is 3.23. The summed E-state index contributed by atoms with van der Waals surface area (Å²) in [4.78, 5) is 0. The van der Waals surface area contributed by atoms with Crippen LogP contribution >= 0.6 is 0 Å². The van der Waals surface area contributed by atoms with Gasteiger partial charge in [-0.1, -0.05) is 30.3 Å². The van der Waals surface area contributed by atoms with Gasteiger partial charge in [-0.25, -0.2) is 0 Å². The zero-order valence-corrected chi connectivity index (χ0v) is 13.4. The Hall–Kier alpha value is -3.15. The quantitative estimate of drug-likeness (QED) is 0.625. The van der Waals surface area contributed by atoms with Gasteiger partial charge in [0.25, 0.3) is 0 Å². The topological polar surface area (TPSA) is 72.9 Å². The zero-order valence-electron chi connectivity index (χ0n) is 13.4. The second-order valence-electron chi connectivity index (χ2n) is 5.48. The Bertz CT molecular complexity index is 1010. The monoisotopic (exact) mass is 320 g/mol. The van der Waals surface area contributed by atoms with Crippen LogP contribution in [0.2, 0.25) is 0 Å². The number of benzene rings is 2. The molecular formula is C18H16N4O2. The highest BCUT2D eigenvalue weighted by molar-refractivity contribution is 6.05. The van der Waals surface area contributed by atoms with Gasteiger partial charge in [-0.15, -0.1) is 10.2 Å². The van der Waals surface area contributed by atoms with Crippen LogP contribution in [-0.2, 0) is 6.42 Å². The van der Waals surface area contributed by atoms with E-state index in [1.54, 1.807) is 14.2 Å². The van der Waals surface area contributed by atoms with Crippen LogP contribution in [0.15, 0.2) is 42.5 Å². The van der Waals surface area contributed by atoms with E-state index in [-0.39, 0.29) is 0 Å². The summed E-state index contributed by atoms with van der Waals surface area (Å²) >= 11 is 0. The van der Waals surface area contributed by atoms with Crippen LogP contribution in [0.4, 0.5) is 0 Å². The predicted molar refractivity (Wildman–Crippen MR) is 91.5 cm³/mol. The van der Waals surface area contributed by atoms with E-state index < -0.39 is 0 Å². The Labute approximate surface area is 138 Å². The Balaban J connectivity index is 1.94. The largest absolute Gasteiger partial charge is 0.493 e. The Morgan fingerprint density at radius 2 is 1.71 bits per heavy atom. The first-order valence-corrected chi connectivity index (χ1v) is 7.59.